The van der Waals surface area contributed by atoms with Crippen molar-refractivity contribution in [3.8, 4) is 0 Å². The quantitative estimate of drug-likeness (QED) is 0.425. The average Bonchev–Trinajstić information content (AvgIpc) is 2.07. The second-order valence-electron chi connectivity index (χ2n) is 5.31. The molecule has 0 aromatic carbocycles. The Kier molecular flexibility index (Phi) is 6.30. The summed E-state index contributed by atoms with van der Waals surface area (Å²) in [5.41, 5.74) is -3.66. The van der Waals surface area contributed by atoms with Crippen LogP contribution in [0, 0.1) is 0 Å². The van der Waals surface area contributed by atoms with E-state index in [1.54, 1.807) is 0 Å². The van der Waals surface area contributed by atoms with Crippen molar-refractivity contribution in [2.45, 2.75) is 50.7 Å². The standard InChI is InChI=1S/C12H18O9/c1-11(20,3-7(13)14)6-10(19)21-12(2,4-8(15)16)5-9(17)18/h20H,3-6H2,1-2H3,(H,13,14)(H,15,16)(H,17,18). The number of hydrogen-bond donors (Lipinski definition) is 4. The number of rotatable bonds is 9. The molecule has 120 valence electrons. The van der Waals surface area contributed by atoms with Crippen molar-refractivity contribution < 1.29 is 44.3 Å². The number of esters is 1. The maximum Gasteiger partial charge on any atom is 0.309 e. The van der Waals surface area contributed by atoms with Gasteiger partial charge in [0, 0.05) is 0 Å². The highest BCUT2D eigenvalue weighted by atomic mass is 16.6. The van der Waals surface area contributed by atoms with E-state index in [2.05, 4.69) is 0 Å². The van der Waals surface area contributed by atoms with Gasteiger partial charge < -0.3 is 25.2 Å². The van der Waals surface area contributed by atoms with Crippen LogP contribution in [0.3, 0.4) is 0 Å². The summed E-state index contributed by atoms with van der Waals surface area (Å²) in [4.78, 5) is 43.6. The molecule has 0 saturated heterocycles. The number of aliphatic carboxylic acids is 3. The molecule has 0 aromatic rings. The first-order valence-corrected chi connectivity index (χ1v) is 5.95. The first-order valence-electron chi connectivity index (χ1n) is 5.95. The molecule has 0 fully saturated rings. The predicted molar refractivity (Wildman–Crippen MR) is 66.5 cm³/mol. The number of carboxylic acid groups (broad SMARTS) is 3. The van der Waals surface area contributed by atoms with E-state index in [0.29, 0.717) is 0 Å². The Labute approximate surface area is 120 Å². The minimum atomic E-state index is -1.88. The minimum absolute atomic E-state index is 0.700. The van der Waals surface area contributed by atoms with Gasteiger partial charge in [-0.3, -0.25) is 19.2 Å². The molecule has 21 heavy (non-hydrogen) atoms. The molecule has 4 N–H and O–H groups in total. The van der Waals surface area contributed by atoms with E-state index >= 15 is 0 Å². The number of carbonyl (C=O) groups excluding carboxylic acids is 1. The van der Waals surface area contributed by atoms with Crippen LogP contribution in [-0.2, 0) is 23.9 Å². The molecule has 9 nitrogen and oxygen atoms in total. The van der Waals surface area contributed by atoms with Gasteiger partial charge in [0.1, 0.15) is 5.60 Å². The Balaban J connectivity index is 4.85. The van der Waals surface area contributed by atoms with Gasteiger partial charge in [-0.1, -0.05) is 0 Å². The summed E-state index contributed by atoms with van der Waals surface area (Å²) in [5.74, 6) is -5.12. The van der Waals surface area contributed by atoms with Crippen molar-refractivity contribution in [3.63, 3.8) is 0 Å². The first-order chi connectivity index (χ1) is 9.35. The van der Waals surface area contributed by atoms with E-state index in [1.165, 1.54) is 0 Å². The van der Waals surface area contributed by atoms with Crippen LogP contribution < -0.4 is 0 Å². The highest BCUT2D eigenvalue weighted by Gasteiger charge is 2.37. The molecule has 0 radical (unpaired) electrons. The summed E-state index contributed by atoms with van der Waals surface area (Å²) in [6.07, 6.45) is -2.87. The molecule has 0 aliphatic heterocycles. The Morgan fingerprint density at radius 3 is 1.52 bits per heavy atom. The number of carboxylic acids is 3. The fourth-order valence-corrected chi connectivity index (χ4v) is 1.78. The van der Waals surface area contributed by atoms with Crippen LogP contribution in [0.5, 0.6) is 0 Å². The minimum Gasteiger partial charge on any atom is -0.481 e. The van der Waals surface area contributed by atoms with Crippen molar-refractivity contribution in [1.29, 1.82) is 0 Å². The summed E-state index contributed by atoms with van der Waals surface area (Å²) >= 11 is 0. The summed E-state index contributed by atoms with van der Waals surface area (Å²) in [6.45, 7) is 2.24. The maximum absolute atomic E-state index is 11.7. The van der Waals surface area contributed by atoms with E-state index in [9.17, 15) is 24.3 Å². The Bertz CT molecular complexity index is 422. The zero-order valence-electron chi connectivity index (χ0n) is 11.7. The van der Waals surface area contributed by atoms with E-state index in [0.717, 1.165) is 13.8 Å². The Hall–Kier alpha value is -2.16. The van der Waals surface area contributed by atoms with Crippen molar-refractivity contribution in [2.75, 3.05) is 0 Å². The monoisotopic (exact) mass is 306 g/mol. The van der Waals surface area contributed by atoms with Gasteiger partial charge in [-0.05, 0) is 13.8 Å². The smallest absolute Gasteiger partial charge is 0.309 e. The molecule has 0 spiro atoms. The second kappa shape index (κ2) is 7.02. The summed E-state index contributed by atoms with van der Waals surface area (Å²) in [6, 6.07) is 0. The highest BCUT2D eigenvalue weighted by Crippen LogP contribution is 2.24. The second-order valence-corrected chi connectivity index (χ2v) is 5.31. The SMILES string of the molecule is CC(O)(CC(=O)O)CC(=O)OC(C)(CC(=O)O)CC(=O)O. The Morgan fingerprint density at radius 1 is 0.810 bits per heavy atom. The third-order valence-electron chi connectivity index (χ3n) is 2.47. The van der Waals surface area contributed by atoms with Crippen molar-refractivity contribution >= 4 is 23.9 Å². The molecule has 0 amide bonds. The Morgan fingerprint density at radius 2 is 1.19 bits per heavy atom. The zero-order chi connectivity index (χ0) is 16.8. The van der Waals surface area contributed by atoms with Gasteiger partial charge in [0.15, 0.2) is 0 Å². The van der Waals surface area contributed by atoms with Crippen molar-refractivity contribution in [2.24, 2.45) is 0 Å². The van der Waals surface area contributed by atoms with E-state index in [1.807, 2.05) is 0 Å². The average molecular weight is 306 g/mol. The molecule has 1 unspecified atom stereocenters. The third kappa shape index (κ3) is 8.58. The van der Waals surface area contributed by atoms with Gasteiger partial charge in [-0.2, -0.15) is 0 Å². The van der Waals surface area contributed by atoms with E-state index in [4.69, 9.17) is 20.1 Å². The van der Waals surface area contributed by atoms with Gasteiger partial charge in [-0.15, -0.1) is 0 Å². The van der Waals surface area contributed by atoms with Gasteiger partial charge >= 0.3 is 23.9 Å². The normalized spacial score (nSPS) is 14.0. The molecule has 0 aliphatic carbocycles. The summed E-state index contributed by atoms with van der Waals surface area (Å²) in [5, 5.41) is 35.7. The van der Waals surface area contributed by atoms with Crippen molar-refractivity contribution in [1.82, 2.24) is 0 Å². The molecule has 0 aliphatic rings. The molecule has 0 heterocycles. The van der Waals surface area contributed by atoms with Crippen LogP contribution in [0.25, 0.3) is 0 Å². The number of aliphatic hydroxyl groups is 1. The van der Waals surface area contributed by atoms with Crippen LogP contribution in [0.2, 0.25) is 0 Å². The lowest BCUT2D eigenvalue weighted by molar-refractivity contribution is -0.170. The van der Waals surface area contributed by atoms with Crippen LogP contribution in [0.15, 0.2) is 0 Å². The lowest BCUT2D eigenvalue weighted by Crippen LogP contribution is -2.39. The molecule has 0 rings (SSSR count). The lowest BCUT2D eigenvalue weighted by atomic mass is 9.96. The number of ether oxygens (including phenoxy) is 1. The fraction of sp³-hybridized carbons (Fsp3) is 0.667. The maximum atomic E-state index is 11.7. The topological polar surface area (TPSA) is 158 Å². The van der Waals surface area contributed by atoms with E-state index in [-0.39, 0.29) is 0 Å². The molecular weight excluding hydrogens is 288 g/mol. The molecule has 0 aromatic heterocycles. The molecule has 1 atom stereocenters. The molecule has 0 saturated carbocycles. The highest BCUT2D eigenvalue weighted by molar-refractivity contribution is 5.77. The van der Waals surface area contributed by atoms with Gasteiger partial charge in [-0.25, -0.2) is 0 Å². The van der Waals surface area contributed by atoms with E-state index < -0.39 is 60.8 Å². The number of carbonyl (C=O) groups is 4. The van der Waals surface area contributed by atoms with Crippen LogP contribution in [0.4, 0.5) is 0 Å². The molecular formula is C12H18O9. The largest absolute Gasteiger partial charge is 0.481 e. The summed E-state index contributed by atoms with van der Waals surface area (Å²) in [7, 11) is 0. The van der Waals surface area contributed by atoms with Crippen LogP contribution in [0.1, 0.15) is 39.5 Å². The van der Waals surface area contributed by atoms with Gasteiger partial charge in [0.25, 0.3) is 0 Å². The third-order valence-corrected chi connectivity index (χ3v) is 2.47. The number of hydrogen-bond acceptors (Lipinski definition) is 6. The van der Waals surface area contributed by atoms with Crippen LogP contribution in [-0.4, -0.2) is 55.5 Å². The predicted octanol–water partition coefficient (Wildman–Crippen LogP) is -0.146. The van der Waals surface area contributed by atoms with Gasteiger partial charge in [0.05, 0.1) is 31.3 Å². The molecule has 9 heteroatoms. The van der Waals surface area contributed by atoms with Crippen LogP contribution >= 0.6 is 0 Å². The fourth-order valence-electron chi connectivity index (χ4n) is 1.78. The zero-order valence-corrected chi connectivity index (χ0v) is 11.7. The lowest BCUT2D eigenvalue weighted by Gasteiger charge is -2.28. The van der Waals surface area contributed by atoms with Crippen molar-refractivity contribution in [3.05, 3.63) is 0 Å². The summed E-state index contributed by atoms with van der Waals surface area (Å²) < 4.78 is 4.82. The molecule has 0 bridgehead atoms. The van der Waals surface area contributed by atoms with Gasteiger partial charge in [0.2, 0.25) is 0 Å². The first kappa shape index (κ1) is 18.8.